The molecule has 1 aromatic carbocycles. The lowest BCUT2D eigenvalue weighted by atomic mass is 9.97. The summed E-state index contributed by atoms with van der Waals surface area (Å²) in [7, 11) is 0. The number of halogens is 2. The summed E-state index contributed by atoms with van der Waals surface area (Å²) in [5, 5.41) is 20.7. The minimum Gasteiger partial charge on any atom is -0.494 e. The fraction of sp³-hybridized carbons (Fsp3) is 0.500. The van der Waals surface area contributed by atoms with Gasteiger partial charge in [-0.15, -0.1) is 0 Å². The molecule has 0 unspecified atom stereocenters. The average Bonchev–Trinajstić information content (AvgIpc) is 2.80. The second-order valence-electron chi connectivity index (χ2n) is 8.34. The van der Waals surface area contributed by atoms with Gasteiger partial charge in [-0.3, -0.25) is 14.2 Å². The number of carbonyl (C=O) groups is 1. The second-order valence-corrected chi connectivity index (χ2v) is 9.15. The van der Waals surface area contributed by atoms with Crippen molar-refractivity contribution in [2.75, 3.05) is 6.61 Å². The summed E-state index contributed by atoms with van der Waals surface area (Å²) >= 11 is 12.8. The Labute approximate surface area is 211 Å². The van der Waals surface area contributed by atoms with E-state index in [2.05, 4.69) is 6.92 Å². The molecule has 0 amide bonds. The summed E-state index contributed by atoms with van der Waals surface area (Å²) in [6, 6.07) is 4.73. The Kier molecular flexibility index (Phi) is 10.9. The van der Waals surface area contributed by atoms with Gasteiger partial charge < -0.3 is 9.84 Å². The first-order valence-corrected chi connectivity index (χ1v) is 12.6. The number of hydrogen-bond donors (Lipinski definition) is 1. The summed E-state index contributed by atoms with van der Waals surface area (Å²) in [4.78, 5) is 26.1. The largest absolute Gasteiger partial charge is 0.494 e. The first-order valence-electron chi connectivity index (χ1n) is 11.8. The van der Waals surface area contributed by atoms with Crippen LogP contribution in [0.2, 0.25) is 10.0 Å². The minimum absolute atomic E-state index is 0.107. The van der Waals surface area contributed by atoms with E-state index >= 15 is 0 Å². The molecular weight excluding hydrogens is 475 g/mol. The lowest BCUT2D eigenvalue weighted by Gasteiger charge is -2.16. The normalized spacial score (nSPS) is 10.8. The molecule has 6 nitrogen and oxygen atoms in total. The monoisotopic (exact) mass is 506 g/mol. The van der Waals surface area contributed by atoms with Crippen LogP contribution < -0.4 is 10.3 Å². The van der Waals surface area contributed by atoms with Crippen LogP contribution >= 0.6 is 23.2 Å². The number of rotatable bonds is 13. The number of unbranched alkanes of at least 4 members (excludes halogenated alkanes) is 6. The molecule has 0 atom stereocenters. The molecule has 0 bridgehead atoms. The molecule has 0 fully saturated rings. The fourth-order valence-electron chi connectivity index (χ4n) is 3.80. The highest BCUT2D eigenvalue weighted by Gasteiger charge is 2.26. The van der Waals surface area contributed by atoms with E-state index < -0.39 is 17.2 Å². The summed E-state index contributed by atoms with van der Waals surface area (Å²) in [5.74, 6) is -0.730. The molecule has 0 radical (unpaired) electrons. The van der Waals surface area contributed by atoms with Crippen LogP contribution in [0.3, 0.4) is 0 Å². The molecule has 0 aliphatic rings. The predicted octanol–water partition coefficient (Wildman–Crippen LogP) is 6.81. The molecule has 184 valence electrons. The number of pyridine rings is 1. The molecule has 1 heterocycles. The predicted molar refractivity (Wildman–Crippen MR) is 135 cm³/mol. The van der Waals surface area contributed by atoms with E-state index in [-0.39, 0.29) is 38.8 Å². The van der Waals surface area contributed by atoms with E-state index in [1.165, 1.54) is 25.5 Å². The quantitative estimate of drug-likeness (QED) is 0.238. The van der Waals surface area contributed by atoms with Crippen molar-refractivity contribution in [2.24, 2.45) is 0 Å². The van der Waals surface area contributed by atoms with Gasteiger partial charge in [0.15, 0.2) is 11.5 Å². The van der Waals surface area contributed by atoms with Crippen LogP contribution in [-0.2, 0) is 6.54 Å². The van der Waals surface area contributed by atoms with Crippen LogP contribution in [0.1, 0.15) is 92.3 Å². The topological polar surface area (TPSA) is 92.3 Å². The Morgan fingerprint density at radius 1 is 1.06 bits per heavy atom. The molecular formula is C26H32Cl2N2O4. The maximum atomic E-state index is 13.4. The Morgan fingerprint density at radius 2 is 1.65 bits per heavy atom. The summed E-state index contributed by atoms with van der Waals surface area (Å²) in [6.45, 7) is 6.32. The van der Waals surface area contributed by atoms with Gasteiger partial charge in [-0.2, -0.15) is 5.26 Å². The third-order valence-electron chi connectivity index (χ3n) is 5.77. The van der Waals surface area contributed by atoms with Crippen molar-refractivity contribution in [3.8, 4) is 17.7 Å². The zero-order valence-corrected chi connectivity index (χ0v) is 21.6. The van der Waals surface area contributed by atoms with E-state index in [1.54, 1.807) is 0 Å². The second kappa shape index (κ2) is 13.4. The highest BCUT2D eigenvalue weighted by molar-refractivity contribution is 6.38. The number of benzene rings is 1. The van der Waals surface area contributed by atoms with E-state index in [9.17, 15) is 20.0 Å². The van der Waals surface area contributed by atoms with E-state index in [4.69, 9.17) is 27.9 Å². The molecule has 2 aromatic rings. The molecule has 0 aliphatic carbocycles. The summed E-state index contributed by atoms with van der Waals surface area (Å²) < 4.78 is 6.84. The molecule has 8 heteroatoms. The molecule has 0 saturated heterocycles. The van der Waals surface area contributed by atoms with Crippen molar-refractivity contribution in [3.63, 3.8) is 0 Å². The molecule has 2 rings (SSSR count). The minimum atomic E-state index is -0.607. The number of hydrogen-bond acceptors (Lipinski definition) is 5. The molecule has 0 saturated carbocycles. The number of aromatic hydroxyl groups is 1. The Bertz CT molecular complexity index is 1100. The first kappa shape index (κ1) is 27.8. The lowest BCUT2D eigenvalue weighted by molar-refractivity contribution is 0.103. The number of ketones is 1. The summed E-state index contributed by atoms with van der Waals surface area (Å²) in [6.07, 6.45) is 7.80. The average molecular weight is 507 g/mol. The van der Waals surface area contributed by atoms with Crippen molar-refractivity contribution in [1.29, 1.82) is 5.26 Å². The summed E-state index contributed by atoms with van der Waals surface area (Å²) in [5.41, 5.74) is -0.626. The van der Waals surface area contributed by atoms with Gasteiger partial charge >= 0.3 is 0 Å². The molecule has 0 aliphatic heterocycles. The first-order chi connectivity index (χ1) is 16.3. The maximum absolute atomic E-state index is 13.4. The van der Waals surface area contributed by atoms with Gasteiger partial charge in [-0.25, -0.2) is 0 Å². The molecule has 1 N–H and O–H groups in total. The van der Waals surface area contributed by atoms with Gasteiger partial charge in [-0.05, 0) is 37.5 Å². The van der Waals surface area contributed by atoms with E-state index in [0.29, 0.717) is 18.8 Å². The van der Waals surface area contributed by atoms with Crippen molar-refractivity contribution in [2.45, 2.75) is 78.7 Å². The van der Waals surface area contributed by atoms with Crippen LogP contribution in [0.15, 0.2) is 16.9 Å². The van der Waals surface area contributed by atoms with Crippen LogP contribution in [-0.4, -0.2) is 22.1 Å². The number of carbonyl (C=O) groups excluding carboxylic acids is 1. The van der Waals surface area contributed by atoms with Gasteiger partial charge in [0.2, 0.25) is 5.88 Å². The zero-order chi connectivity index (χ0) is 25.3. The van der Waals surface area contributed by atoms with Gasteiger partial charge in [0.1, 0.15) is 11.6 Å². The van der Waals surface area contributed by atoms with Crippen molar-refractivity contribution >= 4 is 29.0 Å². The molecule has 1 aromatic heterocycles. The number of nitriles is 1. The maximum Gasteiger partial charge on any atom is 0.271 e. The Balaban J connectivity index is 2.37. The molecule has 0 spiro atoms. The molecule has 34 heavy (non-hydrogen) atoms. The third kappa shape index (κ3) is 6.55. The van der Waals surface area contributed by atoms with Crippen LogP contribution in [0, 0.1) is 18.3 Å². The van der Waals surface area contributed by atoms with Gasteiger partial charge in [0, 0.05) is 12.1 Å². The van der Waals surface area contributed by atoms with Gasteiger partial charge in [0.25, 0.3) is 5.56 Å². The highest BCUT2D eigenvalue weighted by Crippen LogP contribution is 2.36. The number of ether oxygens (including phenoxy) is 1. The number of aromatic nitrogens is 1. The van der Waals surface area contributed by atoms with Crippen molar-refractivity contribution in [3.05, 3.63) is 54.8 Å². The van der Waals surface area contributed by atoms with E-state index in [0.717, 1.165) is 43.1 Å². The van der Waals surface area contributed by atoms with Crippen molar-refractivity contribution < 1.29 is 14.6 Å². The van der Waals surface area contributed by atoms with Gasteiger partial charge in [-0.1, -0.05) is 75.6 Å². The Hall–Kier alpha value is -2.49. The Morgan fingerprint density at radius 3 is 2.24 bits per heavy atom. The third-order valence-corrected chi connectivity index (χ3v) is 6.33. The SMILES string of the molecule is CCCCCCCOc1c(Cl)cc(C(=O)c2c(C)c(C#N)c(=O)n(CCCCC)c2O)cc1Cl. The zero-order valence-electron chi connectivity index (χ0n) is 20.0. The van der Waals surface area contributed by atoms with Crippen LogP contribution in [0.5, 0.6) is 11.6 Å². The van der Waals surface area contributed by atoms with Crippen LogP contribution in [0.25, 0.3) is 0 Å². The highest BCUT2D eigenvalue weighted by atomic mass is 35.5. The standard InChI is InChI=1S/C26H32Cl2N2O4/c1-4-6-8-9-11-13-34-24-20(27)14-18(15-21(24)28)23(31)22-17(3)19(16-29)25(32)30(26(22)33)12-10-7-5-2/h14-15,33H,4-13H2,1-3H3. The van der Waals surface area contributed by atoms with Gasteiger partial charge in [0.05, 0.1) is 22.2 Å². The van der Waals surface area contributed by atoms with Crippen LogP contribution in [0.4, 0.5) is 0 Å². The van der Waals surface area contributed by atoms with Crippen molar-refractivity contribution in [1.82, 2.24) is 4.57 Å². The fourth-order valence-corrected chi connectivity index (χ4v) is 4.40. The van der Waals surface area contributed by atoms with E-state index in [1.807, 2.05) is 13.0 Å². The number of nitrogens with zero attached hydrogens (tertiary/aromatic N) is 2. The lowest BCUT2D eigenvalue weighted by Crippen LogP contribution is -2.27. The smallest absolute Gasteiger partial charge is 0.271 e.